The molecule has 1 fully saturated rings. The molecule has 1 aliphatic rings. The maximum atomic E-state index is 12.5. The van der Waals surface area contributed by atoms with Gasteiger partial charge in [0.05, 0.1) is 0 Å². The van der Waals surface area contributed by atoms with Gasteiger partial charge in [-0.25, -0.2) is 0 Å². The second kappa shape index (κ2) is 19.7. The molecule has 0 atom stereocenters. The Morgan fingerprint density at radius 2 is 1.29 bits per heavy atom. The number of allylic oxidation sites excluding steroid dienone is 1. The molecule has 0 bridgehead atoms. The van der Waals surface area contributed by atoms with Crippen LogP contribution in [-0.4, -0.2) is 23.9 Å². The van der Waals surface area contributed by atoms with E-state index in [-0.39, 0.29) is 5.91 Å². The van der Waals surface area contributed by atoms with Crippen LogP contribution in [-0.2, 0) is 12.8 Å². The van der Waals surface area contributed by atoms with Crippen LogP contribution in [0.3, 0.4) is 0 Å². The van der Waals surface area contributed by atoms with E-state index in [1.807, 2.05) is 36.1 Å². The van der Waals surface area contributed by atoms with Gasteiger partial charge < -0.3 is 10.6 Å². The lowest BCUT2D eigenvalue weighted by atomic mass is 9.89. The van der Waals surface area contributed by atoms with Crippen molar-refractivity contribution < 1.29 is 4.79 Å². The highest BCUT2D eigenvalue weighted by molar-refractivity contribution is 5.94. The normalized spacial score (nSPS) is 12.9. The number of likely N-dealkylation sites (tertiary alicyclic amines) is 1. The summed E-state index contributed by atoms with van der Waals surface area (Å²) in [6.07, 6.45) is 7.05. The second-order valence-electron chi connectivity index (χ2n) is 12.5. The molecule has 3 aromatic carbocycles. The first-order chi connectivity index (χ1) is 19.9. The molecule has 2 N–H and O–H groups in total. The van der Waals surface area contributed by atoms with Crippen LogP contribution in [0.1, 0.15) is 113 Å². The van der Waals surface area contributed by atoms with Crippen LogP contribution in [0.2, 0.25) is 0 Å². The number of amides is 1. The standard InChI is InChI=1S/C19H21NO.C10H14.C7H16.C3H7N/c1-15-7-9-18(10-8-15)19(21)20-13-11-17(12-14-20)16-5-3-2-4-6-16;1-3-9-5-7-10(4-2)8-6-9;1-5-6-7(2,3)4;1-3(2)4/h2-10,17H,11-14H2,1H3;5-8H,3-4H2,1-2H3;5-6H2,1-4H3;1,4H2,2H3. The van der Waals surface area contributed by atoms with Crippen LogP contribution in [0.4, 0.5) is 0 Å². The zero-order valence-corrected chi connectivity index (χ0v) is 27.9. The number of carbonyl (C=O) groups is 1. The molecule has 0 aromatic heterocycles. The summed E-state index contributed by atoms with van der Waals surface area (Å²) in [5, 5.41) is 0. The Kier molecular flexibility index (Phi) is 17.2. The van der Waals surface area contributed by atoms with Gasteiger partial charge in [-0.1, -0.05) is 127 Å². The van der Waals surface area contributed by atoms with Gasteiger partial charge in [0.1, 0.15) is 0 Å². The molecule has 0 unspecified atom stereocenters. The first-order valence-corrected chi connectivity index (χ1v) is 15.8. The SMILES string of the molecule is C=C(C)N.CCCC(C)(C)C.CCc1ccc(CC)cc1.Cc1ccc(C(=O)N2CCC(c3ccccc3)CC2)cc1. The fourth-order valence-electron chi connectivity index (χ4n) is 4.78. The lowest BCUT2D eigenvalue weighted by molar-refractivity contribution is 0.0713. The van der Waals surface area contributed by atoms with Gasteiger partial charge in [0, 0.05) is 18.7 Å². The zero-order chi connectivity index (χ0) is 31.5. The van der Waals surface area contributed by atoms with Gasteiger partial charge in [0.2, 0.25) is 0 Å². The molecule has 3 nitrogen and oxygen atoms in total. The van der Waals surface area contributed by atoms with Crippen molar-refractivity contribution in [2.45, 2.75) is 99.8 Å². The fraction of sp³-hybridized carbons (Fsp3) is 0.462. The van der Waals surface area contributed by atoms with Gasteiger partial charge in [-0.05, 0) is 91.8 Å². The highest BCUT2D eigenvalue weighted by atomic mass is 16.2. The first-order valence-electron chi connectivity index (χ1n) is 15.8. The van der Waals surface area contributed by atoms with E-state index in [9.17, 15) is 4.79 Å². The van der Waals surface area contributed by atoms with Crippen LogP contribution in [0, 0.1) is 12.3 Å². The van der Waals surface area contributed by atoms with Gasteiger partial charge in [0.25, 0.3) is 5.91 Å². The van der Waals surface area contributed by atoms with Crippen molar-refractivity contribution in [3.63, 3.8) is 0 Å². The van der Waals surface area contributed by atoms with E-state index in [0.29, 0.717) is 17.0 Å². The summed E-state index contributed by atoms with van der Waals surface area (Å²) in [5.41, 5.74) is 12.4. The highest BCUT2D eigenvalue weighted by Gasteiger charge is 2.24. The van der Waals surface area contributed by atoms with Crippen LogP contribution in [0.5, 0.6) is 0 Å². The molecule has 42 heavy (non-hydrogen) atoms. The lowest BCUT2D eigenvalue weighted by Crippen LogP contribution is -2.37. The van der Waals surface area contributed by atoms with E-state index in [2.05, 4.69) is 103 Å². The Labute approximate surface area is 258 Å². The van der Waals surface area contributed by atoms with Gasteiger partial charge in [0.15, 0.2) is 0 Å². The van der Waals surface area contributed by atoms with E-state index in [1.165, 1.54) is 35.1 Å². The topological polar surface area (TPSA) is 46.3 Å². The van der Waals surface area contributed by atoms with E-state index in [4.69, 9.17) is 5.73 Å². The minimum atomic E-state index is 0.168. The van der Waals surface area contributed by atoms with Crippen LogP contribution >= 0.6 is 0 Å². The summed E-state index contributed by atoms with van der Waals surface area (Å²) in [6.45, 7) is 22.2. The number of carbonyl (C=O) groups excluding carboxylic acids is 1. The molecule has 1 heterocycles. The van der Waals surface area contributed by atoms with Crippen molar-refractivity contribution in [3.8, 4) is 0 Å². The summed E-state index contributed by atoms with van der Waals surface area (Å²) in [4.78, 5) is 14.5. The minimum absolute atomic E-state index is 0.168. The third-order valence-electron chi connectivity index (χ3n) is 7.19. The number of hydrogen-bond donors (Lipinski definition) is 1. The number of benzene rings is 3. The molecule has 1 saturated heterocycles. The molecule has 1 amide bonds. The Bertz CT molecular complexity index is 1110. The maximum absolute atomic E-state index is 12.5. The van der Waals surface area contributed by atoms with Crippen molar-refractivity contribution in [1.82, 2.24) is 4.90 Å². The first kappa shape index (κ1) is 36.7. The van der Waals surface area contributed by atoms with Crippen molar-refractivity contribution in [1.29, 1.82) is 0 Å². The molecule has 0 radical (unpaired) electrons. The quantitative estimate of drug-likeness (QED) is 0.332. The van der Waals surface area contributed by atoms with Crippen LogP contribution in [0.25, 0.3) is 0 Å². The molecule has 1 aliphatic heterocycles. The largest absolute Gasteiger partial charge is 0.403 e. The molecular weight excluding hydrogens is 512 g/mol. The smallest absolute Gasteiger partial charge is 0.253 e. The van der Waals surface area contributed by atoms with E-state index >= 15 is 0 Å². The Hall–Kier alpha value is -3.33. The van der Waals surface area contributed by atoms with Gasteiger partial charge in [-0.15, -0.1) is 0 Å². The number of aryl methyl sites for hydroxylation is 3. The Balaban J connectivity index is 0.000000348. The number of rotatable bonds is 5. The van der Waals surface area contributed by atoms with Crippen molar-refractivity contribution in [2.75, 3.05) is 13.1 Å². The van der Waals surface area contributed by atoms with E-state index in [1.54, 1.807) is 6.92 Å². The molecule has 3 heteroatoms. The summed E-state index contributed by atoms with van der Waals surface area (Å²) < 4.78 is 0. The number of piperidine rings is 1. The summed E-state index contributed by atoms with van der Waals surface area (Å²) >= 11 is 0. The predicted octanol–water partition coefficient (Wildman–Crippen LogP) is 10.1. The molecule has 230 valence electrons. The molecular formula is C39H58N2O. The summed E-state index contributed by atoms with van der Waals surface area (Å²) in [6, 6.07) is 27.3. The van der Waals surface area contributed by atoms with Crippen molar-refractivity contribution >= 4 is 5.91 Å². The Morgan fingerprint density at radius 3 is 1.64 bits per heavy atom. The summed E-state index contributed by atoms with van der Waals surface area (Å²) in [7, 11) is 0. The van der Waals surface area contributed by atoms with Gasteiger partial charge in [-0.3, -0.25) is 4.79 Å². The zero-order valence-electron chi connectivity index (χ0n) is 27.9. The lowest BCUT2D eigenvalue weighted by Gasteiger charge is -2.32. The number of nitrogens with two attached hydrogens (primary N) is 1. The van der Waals surface area contributed by atoms with Crippen molar-refractivity contribution in [3.05, 3.63) is 119 Å². The molecule has 0 aliphatic carbocycles. The van der Waals surface area contributed by atoms with Crippen LogP contribution in [0.15, 0.2) is 91.1 Å². The average molecular weight is 571 g/mol. The third-order valence-corrected chi connectivity index (χ3v) is 7.19. The third kappa shape index (κ3) is 15.6. The van der Waals surface area contributed by atoms with Gasteiger partial charge >= 0.3 is 0 Å². The molecule has 3 aromatic rings. The number of hydrogen-bond acceptors (Lipinski definition) is 2. The monoisotopic (exact) mass is 570 g/mol. The van der Waals surface area contributed by atoms with Crippen LogP contribution < -0.4 is 5.73 Å². The average Bonchev–Trinajstić information content (AvgIpc) is 2.97. The highest BCUT2D eigenvalue weighted by Crippen LogP contribution is 2.28. The summed E-state index contributed by atoms with van der Waals surface area (Å²) in [5.74, 6) is 0.759. The van der Waals surface area contributed by atoms with E-state index < -0.39 is 0 Å². The fourth-order valence-corrected chi connectivity index (χ4v) is 4.78. The second-order valence-corrected chi connectivity index (χ2v) is 12.5. The van der Waals surface area contributed by atoms with Crippen molar-refractivity contribution in [2.24, 2.45) is 11.1 Å². The molecule has 0 saturated carbocycles. The number of nitrogens with zero attached hydrogens (tertiary/aromatic N) is 1. The molecule has 0 spiro atoms. The van der Waals surface area contributed by atoms with Gasteiger partial charge in [-0.2, -0.15) is 0 Å². The minimum Gasteiger partial charge on any atom is -0.403 e. The Morgan fingerprint density at radius 1 is 0.833 bits per heavy atom. The maximum Gasteiger partial charge on any atom is 0.253 e. The van der Waals surface area contributed by atoms with E-state index in [0.717, 1.165) is 44.3 Å². The predicted molar refractivity (Wildman–Crippen MR) is 184 cm³/mol. The molecule has 4 rings (SSSR count).